The van der Waals surface area contributed by atoms with Crippen LogP contribution in [-0.2, 0) is 11.0 Å². The van der Waals surface area contributed by atoms with Gasteiger partial charge < -0.3 is 5.32 Å². The molecule has 8 heteroatoms. The van der Waals surface area contributed by atoms with E-state index in [4.69, 9.17) is 5.41 Å². The van der Waals surface area contributed by atoms with Gasteiger partial charge in [-0.1, -0.05) is 11.8 Å². The molecule has 0 unspecified atom stereocenters. The highest BCUT2D eigenvalue weighted by atomic mass is 32.2. The largest absolute Gasteiger partial charge is 0.418 e. The summed E-state index contributed by atoms with van der Waals surface area (Å²) in [7, 11) is 1.57. The molecular formula is C11H10F3N3OS. The Balaban J connectivity index is 2.58. The topological polar surface area (TPSA) is 56.2 Å². The summed E-state index contributed by atoms with van der Waals surface area (Å²) in [5.74, 6) is -0.534. The molecule has 1 fully saturated rings. The Kier molecular flexibility index (Phi) is 3.44. The van der Waals surface area contributed by atoms with Crippen LogP contribution in [-0.4, -0.2) is 23.9 Å². The standard InChI is InChI=1S/C11H10F3N3OS/c1-16-6-2-3-7(11(12,13)14)8(4-6)17-9(18)5-19-10(17)15/h2-4,15-16H,5H2,1H3. The molecule has 4 nitrogen and oxygen atoms in total. The van der Waals surface area contributed by atoms with Gasteiger partial charge >= 0.3 is 6.18 Å². The summed E-state index contributed by atoms with van der Waals surface area (Å²) in [4.78, 5) is 12.4. The maximum atomic E-state index is 13.0. The fourth-order valence-electron chi connectivity index (χ4n) is 1.73. The van der Waals surface area contributed by atoms with Crippen molar-refractivity contribution < 1.29 is 18.0 Å². The lowest BCUT2D eigenvalue weighted by molar-refractivity contribution is -0.137. The Labute approximate surface area is 111 Å². The maximum absolute atomic E-state index is 13.0. The molecule has 1 aromatic rings. The zero-order chi connectivity index (χ0) is 14.2. The second kappa shape index (κ2) is 4.76. The molecule has 0 aliphatic carbocycles. The molecular weight excluding hydrogens is 279 g/mol. The van der Waals surface area contributed by atoms with Crippen LogP contribution < -0.4 is 10.2 Å². The van der Waals surface area contributed by atoms with Crippen LogP contribution in [0.2, 0.25) is 0 Å². The van der Waals surface area contributed by atoms with E-state index in [1.807, 2.05) is 0 Å². The van der Waals surface area contributed by atoms with Crippen LogP contribution in [0.4, 0.5) is 24.5 Å². The molecule has 0 radical (unpaired) electrons. The van der Waals surface area contributed by atoms with Gasteiger partial charge in [-0.15, -0.1) is 0 Å². The SMILES string of the molecule is CNc1ccc(C(F)(F)F)c(N2C(=N)SCC2=O)c1. The zero-order valence-electron chi connectivity index (χ0n) is 9.84. The Bertz CT molecular complexity index is 528. The van der Waals surface area contributed by atoms with Crippen LogP contribution in [0.15, 0.2) is 18.2 Å². The van der Waals surface area contributed by atoms with Gasteiger partial charge in [-0.25, -0.2) is 0 Å². The number of rotatable bonds is 2. The normalized spacial score (nSPS) is 16.1. The number of carbonyl (C=O) groups excluding carboxylic acids is 1. The van der Waals surface area contributed by atoms with Crippen molar-refractivity contribution >= 4 is 34.2 Å². The van der Waals surface area contributed by atoms with E-state index in [0.29, 0.717) is 5.69 Å². The van der Waals surface area contributed by atoms with E-state index < -0.39 is 17.6 Å². The predicted molar refractivity (Wildman–Crippen MR) is 68.7 cm³/mol. The Morgan fingerprint density at radius 2 is 2.11 bits per heavy atom. The number of thioether (sulfide) groups is 1. The summed E-state index contributed by atoms with van der Waals surface area (Å²) < 4.78 is 38.9. The first-order valence-electron chi connectivity index (χ1n) is 5.28. The number of hydrogen-bond donors (Lipinski definition) is 2. The lowest BCUT2D eigenvalue weighted by Gasteiger charge is -2.21. The molecule has 0 spiro atoms. The molecule has 2 N–H and O–H groups in total. The third-order valence-corrected chi connectivity index (χ3v) is 3.46. The number of amidine groups is 1. The number of anilines is 2. The monoisotopic (exact) mass is 289 g/mol. The summed E-state index contributed by atoms with van der Waals surface area (Å²) in [5, 5.41) is 10.1. The zero-order valence-corrected chi connectivity index (χ0v) is 10.7. The summed E-state index contributed by atoms with van der Waals surface area (Å²) in [6, 6.07) is 3.41. The van der Waals surface area contributed by atoms with E-state index in [9.17, 15) is 18.0 Å². The smallest absolute Gasteiger partial charge is 0.388 e. The molecule has 0 atom stereocenters. The van der Waals surface area contributed by atoms with E-state index in [1.54, 1.807) is 7.05 Å². The van der Waals surface area contributed by atoms with Gasteiger partial charge in [-0.05, 0) is 18.2 Å². The molecule has 102 valence electrons. The average molecular weight is 289 g/mol. The Hall–Kier alpha value is -1.70. The van der Waals surface area contributed by atoms with Crippen molar-refractivity contribution in [3.8, 4) is 0 Å². The minimum absolute atomic E-state index is 0.0140. The highest BCUT2D eigenvalue weighted by molar-refractivity contribution is 8.15. The number of nitrogens with zero attached hydrogens (tertiary/aromatic N) is 1. The first-order valence-corrected chi connectivity index (χ1v) is 6.26. The van der Waals surface area contributed by atoms with Gasteiger partial charge in [0.1, 0.15) is 0 Å². The molecule has 19 heavy (non-hydrogen) atoms. The van der Waals surface area contributed by atoms with Crippen molar-refractivity contribution in [2.45, 2.75) is 6.18 Å². The van der Waals surface area contributed by atoms with Crippen LogP contribution >= 0.6 is 11.8 Å². The molecule has 1 saturated heterocycles. The summed E-state index contributed by atoms with van der Waals surface area (Å²) in [6.07, 6.45) is -4.57. The quantitative estimate of drug-likeness (QED) is 0.880. The third-order valence-electron chi connectivity index (χ3n) is 2.62. The first kappa shape index (κ1) is 13.7. The van der Waals surface area contributed by atoms with E-state index in [-0.39, 0.29) is 16.6 Å². The van der Waals surface area contributed by atoms with Gasteiger partial charge in [-0.3, -0.25) is 15.1 Å². The fourth-order valence-corrected chi connectivity index (χ4v) is 2.45. The Morgan fingerprint density at radius 3 is 2.58 bits per heavy atom. The van der Waals surface area contributed by atoms with Crippen LogP contribution in [0.1, 0.15) is 5.56 Å². The van der Waals surface area contributed by atoms with E-state index in [1.165, 1.54) is 12.1 Å². The van der Waals surface area contributed by atoms with Gasteiger partial charge in [-0.2, -0.15) is 13.2 Å². The molecule has 1 heterocycles. The lowest BCUT2D eigenvalue weighted by atomic mass is 10.1. The van der Waals surface area contributed by atoms with Crippen molar-refractivity contribution in [1.82, 2.24) is 0 Å². The van der Waals surface area contributed by atoms with Gasteiger partial charge in [0.25, 0.3) is 0 Å². The van der Waals surface area contributed by atoms with Crippen molar-refractivity contribution in [2.75, 3.05) is 23.0 Å². The minimum atomic E-state index is -4.57. The first-order chi connectivity index (χ1) is 8.84. The average Bonchev–Trinajstić information content (AvgIpc) is 2.67. The second-order valence-electron chi connectivity index (χ2n) is 3.80. The molecule has 2 rings (SSSR count). The van der Waals surface area contributed by atoms with Gasteiger partial charge in [0.2, 0.25) is 5.91 Å². The number of halogens is 3. The molecule has 0 saturated carbocycles. The van der Waals surface area contributed by atoms with E-state index in [2.05, 4.69) is 5.32 Å². The predicted octanol–water partition coefficient (Wildman–Crippen LogP) is 2.76. The van der Waals surface area contributed by atoms with Gasteiger partial charge in [0, 0.05) is 12.7 Å². The number of benzene rings is 1. The number of hydrogen-bond acceptors (Lipinski definition) is 4. The number of carbonyl (C=O) groups is 1. The molecule has 1 amide bonds. The lowest BCUT2D eigenvalue weighted by Crippen LogP contribution is -2.30. The van der Waals surface area contributed by atoms with Crippen LogP contribution in [0.5, 0.6) is 0 Å². The van der Waals surface area contributed by atoms with Crippen LogP contribution in [0.25, 0.3) is 0 Å². The molecule has 1 aliphatic rings. The second-order valence-corrected chi connectivity index (χ2v) is 4.77. The number of alkyl halides is 3. The third kappa shape index (κ3) is 2.53. The van der Waals surface area contributed by atoms with Crippen molar-refractivity contribution in [2.24, 2.45) is 0 Å². The molecule has 0 aromatic heterocycles. The molecule has 1 aliphatic heterocycles. The van der Waals surface area contributed by atoms with Gasteiger partial charge in [0.05, 0.1) is 17.0 Å². The van der Waals surface area contributed by atoms with Crippen molar-refractivity contribution in [3.63, 3.8) is 0 Å². The minimum Gasteiger partial charge on any atom is -0.388 e. The van der Waals surface area contributed by atoms with Gasteiger partial charge in [0.15, 0.2) is 5.17 Å². The highest BCUT2D eigenvalue weighted by Crippen LogP contribution is 2.40. The van der Waals surface area contributed by atoms with Crippen molar-refractivity contribution in [1.29, 1.82) is 5.41 Å². The van der Waals surface area contributed by atoms with E-state index in [0.717, 1.165) is 22.7 Å². The van der Waals surface area contributed by atoms with Crippen LogP contribution in [0, 0.1) is 5.41 Å². The number of amides is 1. The molecule has 1 aromatic carbocycles. The van der Waals surface area contributed by atoms with E-state index >= 15 is 0 Å². The summed E-state index contributed by atoms with van der Waals surface area (Å²) >= 11 is 0.913. The number of nitrogens with one attached hydrogen (secondary N) is 2. The highest BCUT2D eigenvalue weighted by Gasteiger charge is 2.39. The summed E-state index contributed by atoms with van der Waals surface area (Å²) in [6.45, 7) is 0. The summed E-state index contributed by atoms with van der Waals surface area (Å²) in [5.41, 5.74) is -0.785. The maximum Gasteiger partial charge on any atom is 0.418 e. The van der Waals surface area contributed by atoms with Crippen LogP contribution in [0.3, 0.4) is 0 Å². The Morgan fingerprint density at radius 1 is 1.42 bits per heavy atom. The van der Waals surface area contributed by atoms with Crippen molar-refractivity contribution in [3.05, 3.63) is 23.8 Å². The fraction of sp³-hybridized carbons (Fsp3) is 0.273. The molecule has 0 bridgehead atoms.